The molecule has 34 heavy (non-hydrogen) atoms. The Morgan fingerprint density at radius 2 is 1.85 bits per heavy atom. The largest absolute Gasteiger partial charge is 0.382 e. The van der Waals surface area contributed by atoms with Crippen LogP contribution in [0, 0.1) is 5.41 Å². The molecule has 1 aliphatic rings. The van der Waals surface area contributed by atoms with Gasteiger partial charge in [0, 0.05) is 7.11 Å². The molecule has 0 bridgehead atoms. The number of methoxy groups -OCH3 is 1. The Labute approximate surface area is 205 Å². The SMILES string of the molecule is COCCO[C@@H]1[C@H](OP(O)(=S)OC(C)(C)C)[C@@H](CC(C)(C)C)O[C@H]1n1cnc2c(N)ncnc21. The summed E-state index contributed by atoms with van der Waals surface area (Å²) in [5, 5.41) is 0. The van der Waals surface area contributed by atoms with E-state index in [4.69, 9.17) is 40.8 Å². The summed E-state index contributed by atoms with van der Waals surface area (Å²) in [4.78, 5) is 23.6. The van der Waals surface area contributed by atoms with Crippen LogP contribution in [0.15, 0.2) is 12.7 Å². The Hall–Kier alpha value is -1.24. The second-order valence-corrected chi connectivity index (χ2v) is 13.2. The van der Waals surface area contributed by atoms with E-state index in [9.17, 15) is 4.89 Å². The van der Waals surface area contributed by atoms with Gasteiger partial charge in [0.2, 0.25) is 0 Å². The number of nitrogen functional groups attached to an aromatic ring is 1. The Kier molecular flexibility index (Phi) is 8.36. The molecule has 0 aromatic carbocycles. The quantitative estimate of drug-likeness (QED) is 0.375. The Balaban J connectivity index is 2.02. The van der Waals surface area contributed by atoms with E-state index < -0.39 is 36.9 Å². The van der Waals surface area contributed by atoms with Gasteiger partial charge in [-0.15, -0.1) is 0 Å². The molecule has 0 saturated carbocycles. The first-order chi connectivity index (χ1) is 15.7. The van der Waals surface area contributed by atoms with E-state index in [2.05, 4.69) is 35.7 Å². The van der Waals surface area contributed by atoms with Gasteiger partial charge < -0.3 is 29.4 Å². The van der Waals surface area contributed by atoms with Gasteiger partial charge in [-0.05, 0) is 44.4 Å². The molecule has 0 amide bonds. The van der Waals surface area contributed by atoms with Crippen LogP contribution in [0.4, 0.5) is 5.82 Å². The number of ether oxygens (including phenoxy) is 3. The molecular weight excluding hydrogens is 481 g/mol. The molecule has 5 atom stereocenters. The summed E-state index contributed by atoms with van der Waals surface area (Å²) in [7, 11) is 1.59. The molecule has 13 heteroatoms. The zero-order valence-corrected chi connectivity index (χ0v) is 22.5. The van der Waals surface area contributed by atoms with Gasteiger partial charge in [0.05, 0.1) is 31.2 Å². The summed E-state index contributed by atoms with van der Waals surface area (Å²) < 4.78 is 31.5. The monoisotopic (exact) mass is 517 g/mol. The fraction of sp³-hybridized carbons (Fsp3) is 0.762. The topological polar surface area (TPSA) is 136 Å². The van der Waals surface area contributed by atoms with Gasteiger partial charge in [-0.3, -0.25) is 9.09 Å². The van der Waals surface area contributed by atoms with Crippen molar-refractivity contribution in [2.75, 3.05) is 26.1 Å². The number of hydrogen-bond donors (Lipinski definition) is 2. The molecule has 1 unspecified atom stereocenters. The maximum absolute atomic E-state index is 10.9. The van der Waals surface area contributed by atoms with Crippen LogP contribution < -0.4 is 5.73 Å². The van der Waals surface area contributed by atoms with Crippen LogP contribution in [0.2, 0.25) is 0 Å². The van der Waals surface area contributed by atoms with E-state index in [1.807, 2.05) is 20.8 Å². The number of aromatic nitrogens is 4. The summed E-state index contributed by atoms with van der Waals surface area (Å²) in [6.45, 7) is 8.74. The molecule has 0 aliphatic carbocycles. The van der Waals surface area contributed by atoms with Gasteiger partial charge in [-0.2, -0.15) is 0 Å². The number of nitrogens with two attached hydrogens (primary N) is 1. The Morgan fingerprint density at radius 3 is 2.47 bits per heavy atom. The van der Waals surface area contributed by atoms with Crippen LogP contribution in [0.3, 0.4) is 0 Å². The van der Waals surface area contributed by atoms with Crippen molar-refractivity contribution in [3.8, 4) is 0 Å². The fourth-order valence-corrected chi connectivity index (χ4v) is 6.12. The smallest absolute Gasteiger partial charge is 0.325 e. The number of nitrogens with zero attached hydrogens (tertiary/aromatic N) is 4. The molecule has 1 aliphatic heterocycles. The van der Waals surface area contributed by atoms with Gasteiger partial charge in [0.15, 0.2) is 17.7 Å². The Bertz CT molecular complexity index is 1020. The number of imidazole rings is 1. The molecule has 3 rings (SSSR count). The molecule has 3 heterocycles. The third-order valence-corrected chi connectivity index (χ3v) is 6.77. The molecule has 11 nitrogen and oxygen atoms in total. The fourth-order valence-electron chi connectivity index (χ4n) is 3.85. The van der Waals surface area contributed by atoms with Gasteiger partial charge in [0.1, 0.15) is 24.1 Å². The van der Waals surface area contributed by atoms with Crippen LogP contribution >= 0.6 is 6.72 Å². The zero-order valence-electron chi connectivity index (χ0n) is 20.8. The lowest BCUT2D eigenvalue weighted by Gasteiger charge is -2.32. The summed E-state index contributed by atoms with van der Waals surface area (Å²) in [5.74, 6) is 0.266. The second kappa shape index (κ2) is 10.4. The molecular formula is C21H36N5O6PS. The normalized spacial score (nSPS) is 25.6. The van der Waals surface area contributed by atoms with E-state index in [-0.39, 0.29) is 17.8 Å². The molecule has 2 aromatic rings. The van der Waals surface area contributed by atoms with E-state index in [1.54, 1.807) is 18.0 Å². The van der Waals surface area contributed by atoms with Gasteiger partial charge in [0.25, 0.3) is 0 Å². The van der Waals surface area contributed by atoms with Gasteiger partial charge >= 0.3 is 6.72 Å². The lowest BCUT2D eigenvalue weighted by molar-refractivity contribution is -0.0774. The number of hydrogen-bond acceptors (Lipinski definition) is 10. The summed E-state index contributed by atoms with van der Waals surface area (Å²) in [6, 6.07) is 0. The highest BCUT2D eigenvalue weighted by atomic mass is 32.5. The van der Waals surface area contributed by atoms with Crippen molar-refractivity contribution >= 4 is 35.5 Å². The van der Waals surface area contributed by atoms with E-state index in [0.29, 0.717) is 24.2 Å². The van der Waals surface area contributed by atoms with Gasteiger partial charge in [-0.1, -0.05) is 20.8 Å². The highest BCUT2D eigenvalue weighted by molar-refractivity contribution is 8.07. The molecule has 192 valence electrons. The van der Waals surface area contributed by atoms with E-state index in [1.165, 1.54) is 6.33 Å². The zero-order chi connectivity index (χ0) is 25.3. The number of rotatable bonds is 9. The van der Waals surface area contributed by atoms with Crippen molar-refractivity contribution in [3.05, 3.63) is 12.7 Å². The summed E-state index contributed by atoms with van der Waals surface area (Å²) in [5.41, 5.74) is 6.15. The van der Waals surface area contributed by atoms with Crippen molar-refractivity contribution in [2.45, 2.75) is 78.1 Å². The minimum Gasteiger partial charge on any atom is -0.382 e. The van der Waals surface area contributed by atoms with Crippen LogP contribution in [0.25, 0.3) is 11.2 Å². The minimum atomic E-state index is -3.63. The van der Waals surface area contributed by atoms with Crippen molar-refractivity contribution in [1.82, 2.24) is 19.5 Å². The average molecular weight is 518 g/mol. The Morgan fingerprint density at radius 1 is 1.15 bits per heavy atom. The molecule has 0 spiro atoms. The average Bonchev–Trinajstić information content (AvgIpc) is 3.22. The van der Waals surface area contributed by atoms with Crippen molar-refractivity contribution in [1.29, 1.82) is 0 Å². The predicted octanol–water partition coefficient (Wildman–Crippen LogP) is 3.19. The highest BCUT2D eigenvalue weighted by Crippen LogP contribution is 2.53. The van der Waals surface area contributed by atoms with Gasteiger partial charge in [-0.25, -0.2) is 15.0 Å². The molecule has 1 fully saturated rings. The maximum Gasteiger partial charge on any atom is 0.325 e. The highest BCUT2D eigenvalue weighted by Gasteiger charge is 2.51. The van der Waals surface area contributed by atoms with Crippen LogP contribution in [0.1, 0.15) is 54.2 Å². The molecule has 0 radical (unpaired) electrons. The second-order valence-electron chi connectivity index (χ2n) is 10.5. The third kappa shape index (κ3) is 6.92. The van der Waals surface area contributed by atoms with Crippen LogP contribution in [0.5, 0.6) is 0 Å². The lowest BCUT2D eigenvalue weighted by atomic mass is 9.87. The van der Waals surface area contributed by atoms with Crippen LogP contribution in [-0.2, 0) is 35.1 Å². The first kappa shape index (κ1) is 27.3. The molecule has 2 aromatic heterocycles. The first-order valence-electron chi connectivity index (χ1n) is 11.1. The van der Waals surface area contributed by atoms with E-state index in [0.717, 1.165) is 0 Å². The minimum absolute atomic E-state index is 0.106. The number of anilines is 1. The van der Waals surface area contributed by atoms with Crippen molar-refractivity contribution in [2.24, 2.45) is 5.41 Å². The lowest BCUT2D eigenvalue weighted by Crippen LogP contribution is -2.38. The number of fused-ring (bicyclic) bond motifs is 1. The third-order valence-electron chi connectivity index (χ3n) is 5.00. The van der Waals surface area contributed by atoms with Crippen molar-refractivity contribution < 1.29 is 28.2 Å². The van der Waals surface area contributed by atoms with E-state index >= 15 is 0 Å². The van der Waals surface area contributed by atoms with Crippen molar-refractivity contribution in [3.63, 3.8) is 0 Å². The predicted molar refractivity (Wildman–Crippen MR) is 132 cm³/mol. The summed E-state index contributed by atoms with van der Waals surface area (Å²) in [6.07, 6.45) is 1.09. The maximum atomic E-state index is 10.9. The summed E-state index contributed by atoms with van der Waals surface area (Å²) >= 11 is 5.37. The first-order valence-corrected chi connectivity index (χ1v) is 13.7. The molecule has 1 saturated heterocycles. The van der Waals surface area contributed by atoms with Crippen LogP contribution in [-0.4, -0.2) is 68.6 Å². The standard InChI is InChI=1S/C21H36N5O6PS/c1-20(2,3)10-13-15(31-33(27,34)32-21(4,5)6)16(29-9-8-28-7)19(30-13)26-12-25-14-17(22)23-11-24-18(14)26/h11-13,15-16,19H,8-10H2,1-7H3,(H,27,34)(H2,22,23,24)/t13-,15-,16-,19-,33?/m1/s1. The molecule has 3 N–H and O–H groups in total.